The lowest BCUT2D eigenvalue weighted by atomic mass is 10.1. The molecule has 3 heterocycles. The van der Waals surface area contributed by atoms with Gasteiger partial charge in [0, 0.05) is 36.9 Å². The molecule has 4 rings (SSSR count). The second-order valence-corrected chi connectivity index (χ2v) is 6.42. The van der Waals surface area contributed by atoms with E-state index in [0.29, 0.717) is 22.2 Å². The number of rotatable bonds is 3. The standard InChI is InChI=1S/C19H18F2N4O/c20-14-8-13-16(9-15(14)21)22-11-17(13)24-19(26)12-4-5-18(23-10-12)25-6-2-1-3-7-25/h4-5,8-11,22H,1-3,6-7H2,(H,24,26). The van der Waals surface area contributed by atoms with Gasteiger partial charge in [-0.3, -0.25) is 4.79 Å². The second-order valence-electron chi connectivity index (χ2n) is 6.42. The summed E-state index contributed by atoms with van der Waals surface area (Å²) in [4.78, 5) is 21.9. The van der Waals surface area contributed by atoms with E-state index in [1.807, 2.05) is 6.07 Å². The van der Waals surface area contributed by atoms with Gasteiger partial charge in [-0.2, -0.15) is 0 Å². The Morgan fingerprint density at radius 3 is 2.62 bits per heavy atom. The van der Waals surface area contributed by atoms with Crippen LogP contribution in [-0.4, -0.2) is 29.0 Å². The molecule has 0 saturated carbocycles. The zero-order valence-corrected chi connectivity index (χ0v) is 14.1. The number of carbonyl (C=O) groups is 1. The molecule has 0 spiro atoms. The van der Waals surface area contributed by atoms with Crippen molar-refractivity contribution in [1.29, 1.82) is 0 Å². The first kappa shape index (κ1) is 16.5. The number of hydrogen-bond donors (Lipinski definition) is 2. The van der Waals surface area contributed by atoms with Crippen molar-refractivity contribution in [3.63, 3.8) is 0 Å². The van der Waals surface area contributed by atoms with Crippen LogP contribution in [0.1, 0.15) is 29.6 Å². The number of hydrogen-bond acceptors (Lipinski definition) is 3. The van der Waals surface area contributed by atoms with Gasteiger partial charge >= 0.3 is 0 Å². The monoisotopic (exact) mass is 356 g/mol. The largest absolute Gasteiger partial charge is 0.359 e. The van der Waals surface area contributed by atoms with Crippen LogP contribution in [0.5, 0.6) is 0 Å². The van der Waals surface area contributed by atoms with Crippen molar-refractivity contribution in [1.82, 2.24) is 9.97 Å². The highest BCUT2D eigenvalue weighted by atomic mass is 19.2. The predicted molar refractivity (Wildman–Crippen MR) is 96.5 cm³/mol. The van der Waals surface area contributed by atoms with E-state index < -0.39 is 11.6 Å². The van der Waals surface area contributed by atoms with Gasteiger partial charge < -0.3 is 15.2 Å². The number of nitrogens with zero attached hydrogens (tertiary/aromatic N) is 2. The quantitative estimate of drug-likeness (QED) is 0.743. The average molecular weight is 356 g/mol. The molecule has 1 aliphatic heterocycles. The van der Waals surface area contributed by atoms with Gasteiger partial charge in [0.2, 0.25) is 0 Å². The maximum Gasteiger partial charge on any atom is 0.257 e. The van der Waals surface area contributed by atoms with Gasteiger partial charge in [-0.05, 0) is 37.5 Å². The Morgan fingerprint density at radius 2 is 1.88 bits per heavy atom. The lowest BCUT2D eigenvalue weighted by Gasteiger charge is -2.27. The molecule has 1 saturated heterocycles. The number of pyridine rings is 1. The van der Waals surface area contributed by atoms with Crippen LogP contribution in [0.4, 0.5) is 20.3 Å². The van der Waals surface area contributed by atoms with Gasteiger partial charge in [-0.15, -0.1) is 0 Å². The van der Waals surface area contributed by atoms with Crippen LogP contribution in [0, 0.1) is 11.6 Å². The van der Waals surface area contributed by atoms with Gasteiger partial charge in [0.25, 0.3) is 5.91 Å². The molecule has 1 amide bonds. The number of anilines is 2. The number of benzene rings is 1. The first-order valence-electron chi connectivity index (χ1n) is 8.60. The van der Waals surface area contributed by atoms with Crippen molar-refractivity contribution in [3.8, 4) is 0 Å². The highest BCUT2D eigenvalue weighted by Crippen LogP contribution is 2.26. The molecule has 5 nitrogen and oxygen atoms in total. The maximum atomic E-state index is 13.5. The number of nitrogens with one attached hydrogen (secondary N) is 2. The second kappa shape index (κ2) is 6.74. The Hall–Kier alpha value is -2.96. The minimum absolute atomic E-state index is 0.353. The first-order valence-corrected chi connectivity index (χ1v) is 8.60. The smallest absolute Gasteiger partial charge is 0.257 e. The van der Waals surface area contributed by atoms with Crippen LogP contribution >= 0.6 is 0 Å². The molecule has 2 aromatic heterocycles. The normalized spacial score (nSPS) is 14.6. The third-order valence-electron chi connectivity index (χ3n) is 4.66. The summed E-state index contributed by atoms with van der Waals surface area (Å²) >= 11 is 0. The SMILES string of the molecule is O=C(Nc1c[nH]c2cc(F)c(F)cc12)c1ccc(N2CCCCC2)nc1. The van der Waals surface area contributed by atoms with Crippen LogP contribution in [0.3, 0.4) is 0 Å². The van der Waals surface area contributed by atoms with Crippen molar-refractivity contribution in [2.75, 3.05) is 23.3 Å². The summed E-state index contributed by atoms with van der Waals surface area (Å²) in [5, 5.41) is 3.13. The van der Waals surface area contributed by atoms with Crippen LogP contribution in [0.25, 0.3) is 10.9 Å². The van der Waals surface area contributed by atoms with Crippen molar-refractivity contribution in [2.45, 2.75) is 19.3 Å². The predicted octanol–water partition coefficient (Wildman–Crippen LogP) is 4.08. The summed E-state index contributed by atoms with van der Waals surface area (Å²) in [7, 11) is 0. The Balaban J connectivity index is 1.52. The minimum Gasteiger partial charge on any atom is -0.359 e. The lowest BCUT2D eigenvalue weighted by molar-refractivity contribution is 0.102. The van der Waals surface area contributed by atoms with E-state index in [4.69, 9.17) is 0 Å². The molecule has 26 heavy (non-hydrogen) atoms. The summed E-state index contributed by atoms with van der Waals surface area (Å²) in [6, 6.07) is 5.69. The highest BCUT2D eigenvalue weighted by Gasteiger charge is 2.15. The van der Waals surface area contributed by atoms with E-state index in [2.05, 4.69) is 20.2 Å². The molecule has 1 aliphatic rings. The van der Waals surface area contributed by atoms with Crippen LogP contribution in [0.2, 0.25) is 0 Å². The number of piperidine rings is 1. The van der Waals surface area contributed by atoms with Crippen LogP contribution in [-0.2, 0) is 0 Å². The molecule has 0 atom stereocenters. The molecule has 3 aromatic rings. The van der Waals surface area contributed by atoms with Crippen LogP contribution in [0.15, 0.2) is 36.7 Å². The molecule has 0 unspecified atom stereocenters. The molecule has 2 N–H and O–H groups in total. The van der Waals surface area contributed by atoms with E-state index in [-0.39, 0.29) is 5.91 Å². The Morgan fingerprint density at radius 1 is 1.12 bits per heavy atom. The van der Waals surface area contributed by atoms with E-state index in [1.165, 1.54) is 18.8 Å². The molecule has 1 aromatic carbocycles. The minimum atomic E-state index is -0.958. The average Bonchev–Trinajstić information content (AvgIpc) is 3.04. The Kier molecular flexibility index (Phi) is 4.28. The van der Waals surface area contributed by atoms with E-state index in [0.717, 1.165) is 43.9 Å². The molecule has 0 aliphatic carbocycles. The van der Waals surface area contributed by atoms with E-state index in [9.17, 15) is 13.6 Å². The summed E-state index contributed by atoms with van der Waals surface area (Å²) in [5.41, 5.74) is 1.21. The zero-order chi connectivity index (χ0) is 18.1. The Labute approximate surface area is 149 Å². The van der Waals surface area contributed by atoms with Gasteiger partial charge in [0.05, 0.1) is 16.8 Å². The number of aromatic nitrogens is 2. The molecule has 134 valence electrons. The summed E-state index contributed by atoms with van der Waals surface area (Å²) in [5.74, 6) is -1.38. The Bertz CT molecular complexity index is 946. The summed E-state index contributed by atoms with van der Waals surface area (Å²) in [6.45, 7) is 1.96. The van der Waals surface area contributed by atoms with Gasteiger partial charge in [-0.25, -0.2) is 13.8 Å². The van der Waals surface area contributed by atoms with Crippen LogP contribution < -0.4 is 10.2 Å². The fourth-order valence-corrected chi connectivity index (χ4v) is 3.25. The van der Waals surface area contributed by atoms with Gasteiger partial charge in [0.1, 0.15) is 5.82 Å². The number of H-pyrrole nitrogens is 1. The number of carbonyl (C=O) groups excluding carboxylic acids is 1. The number of halogens is 2. The molecule has 0 radical (unpaired) electrons. The fourth-order valence-electron chi connectivity index (χ4n) is 3.25. The van der Waals surface area contributed by atoms with Gasteiger partial charge in [0.15, 0.2) is 11.6 Å². The fraction of sp³-hybridized carbons (Fsp3) is 0.263. The van der Waals surface area contributed by atoms with Crippen molar-refractivity contribution >= 4 is 28.3 Å². The topological polar surface area (TPSA) is 61.0 Å². The van der Waals surface area contributed by atoms with E-state index >= 15 is 0 Å². The maximum absolute atomic E-state index is 13.5. The molecule has 0 bridgehead atoms. The highest BCUT2D eigenvalue weighted by molar-refractivity contribution is 6.08. The van der Waals surface area contributed by atoms with E-state index in [1.54, 1.807) is 6.07 Å². The van der Waals surface area contributed by atoms with Crippen molar-refractivity contribution in [2.24, 2.45) is 0 Å². The summed E-state index contributed by atoms with van der Waals surface area (Å²) in [6.07, 6.45) is 6.60. The summed E-state index contributed by atoms with van der Waals surface area (Å²) < 4.78 is 26.8. The van der Waals surface area contributed by atoms with Crippen molar-refractivity contribution in [3.05, 3.63) is 53.9 Å². The third kappa shape index (κ3) is 3.12. The first-order chi connectivity index (χ1) is 12.6. The lowest BCUT2D eigenvalue weighted by Crippen LogP contribution is -2.30. The number of amides is 1. The third-order valence-corrected chi connectivity index (χ3v) is 4.66. The number of fused-ring (bicyclic) bond motifs is 1. The molecular formula is C19H18F2N4O. The molecule has 1 fully saturated rings. The molecular weight excluding hydrogens is 338 g/mol. The zero-order valence-electron chi connectivity index (χ0n) is 14.1. The van der Waals surface area contributed by atoms with Crippen molar-refractivity contribution < 1.29 is 13.6 Å². The van der Waals surface area contributed by atoms with Gasteiger partial charge in [-0.1, -0.05) is 0 Å². The number of aromatic amines is 1. The molecule has 7 heteroatoms.